The van der Waals surface area contributed by atoms with Crippen LogP contribution in [0.4, 0.5) is 0 Å². The number of halogens is 1. The van der Waals surface area contributed by atoms with Crippen LogP contribution in [-0.4, -0.2) is 43.4 Å². The van der Waals surface area contributed by atoms with E-state index in [1.807, 2.05) is 19.2 Å². The summed E-state index contributed by atoms with van der Waals surface area (Å²) < 4.78 is 12.1. The van der Waals surface area contributed by atoms with Crippen molar-refractivity contribution in [3.05, 3.63) is 22.2 Å². The van der Waals surface area contributed by atoms with Crippen molar-refractivity contribution in [1.29, 1.82) is 0 Å². The average Bonchev–Trinajstić information content (AvgIpc) is 2.28. The second-order valence-electron chi connectivity index (χ2n) is 4.66. The van der Waals surface area contributed by atoms with Gasteiger partial charge in [-0.05, 0) is 26.1 Å². The number of methoxy groups -OCH3 is 1. The van der Waals surface area contributed by atoms with Gasteiger partial charge in [0.2, 0.25) is 0 Å². The lowest BCUT2D eigenvalue weighted by Crippen LogP contribution is -2.51. The van der Waals surface area contributed by atoms with E-state index in [4.69, 9.17) is 9.47 Å². The van der Waals surface area contributed by atoms with Crippen molar-refractivity contribution in [2.45, 2.75) is 19.1 Å². The second-order valence-corrected chi connectivity index (χ2v) is 5.58. The number of likely N-dealkylation sites (tertiary alicyclic amines) is 1. The Morgan fingerprint density at radius 3 is 2.61 bits per heavy atom. The molecule has 0 spiro atoms. The summed E-state index contributed by atoms with van der Waals surface area (Å²) in [6.45, 7) is 3.53. The van der Waals surface area contributed by atoms with Gasteiger partial charge in [-0.25, -0.2) is 0 Å². The third-order valence-corrected chi connectivity index (χ3v) is 3.49. The van der Waals surface area contributed by atoms with E-state index in [2.05, 4.69) is 20.8 Å². The predicted molar refractivity (Wildman–Crippen MR) is 73.2 cm³/mol. The fourth-order valence-corrected chi connectivity index (χ4v) is 2.51. The number of benzene rings is 1. The number of likely N-dealkylation sites (N-methyl/N-ethyl adjacent to an activating group) is 1. The molecule has 0 aliphatic carbocycles. The summed E-state index contributed by atoms with van der Waals surface area (Å²) in [6, 6.07) is 3.72. The Labute approximate surface area is 116 Å². The molecule has 18 heavy (non-hydrogen) atoms. The summed E-state index contributed by atoms with van der Waals surface area (Å²) >= 11 is 3.41. The minimum absolute atomic E-state index is 0.169. The SMILES string of the molecule is COc1cc(Br)cc(C(C)O)c1OC1CN(C)C1. The van der Waals surface area contributed by atoms with Crippen molar-refractivity contribution in [2.75, 3.05) is 27.2 Å². The van der Waals surface area contributed by atoms with Crippen molar-refractivity contribution in [2.24, 2.45) is 0 Å². The zero-order chi connectivity index (χ0) is 13.3. The van der Waals surface area contributed by atoms with Crippen LogP contribution in [0.5, 0.6) is 11.5 Å². The third-order valence-electron chi connectivity index (χ3n) is 3.03. The number of aliphatic hydroxyl groups is 1. The van der Waals surface area contributed by atoms with Crippen LogP contribution in [0.3, 0.4) is 0 Å². The van der Waals surface area contributed by atoms with Crippen molar-refractivity contribution in [3.63, 3.8) is 0 Å². The van der Waals surface area contributed by atoms with Gasteiger partial charge in [0.1, 0.15) is 6.10 Å². The maximum atomic E-state index is 9.84. The van der Waals surface area contributed by atoms with Crippen LogP contribution < -0.4 is 9.47 Å². The van der Waals surface area contributed by atoms with Gasteiger partial charge >= 0.3 is 0 Å². The molecule has 1 atom stereocenters. The predicted octanol–water partition coefficient (Wildman–Crippen LogP) is 2.20. The number of rotatable bonds is 4. The summed E-state index contributed by atoms with van der Waals surface area (Å²) in [7, 11) is 3.65. The van der Waals surface area contributed by atoms with E-state index in [9.17, 15) is 5.11 Å². The van der Waals surface area contributed by atoms with E-state index in [1.54, 1.807) is 14.0 Å². The smallest absolute Gasteiger partial charge is 0.167 e. The van der Waals surface area contributed by atoms with E-state index in [0.717, 1.165) is 23.1 Å². The van der Waals surface area contributed by atoms with E-state index < -0.39 is 6.10 Å². The van der Waals surface area contributed by atoms with E-state index in [0.29, 0.717) is 11.5 Å². The lowest BCUT2D eigenvalue weighted by Gasteiger charge is -2.36. The molecule has 1 heterocycles. The fourth-order valence-electron chi connectivity index (χ4n) is 2.06. The molecule has 2 rings (SSSR count). The molecule has 4 nitrogen and oxygen atoms in total. The minimum Gasteiger partial charge on any atom is -0.493 e. The van der Waals surface area contributed by atoms with E-state index in [1.165, 1.54) is 0 Å². The molecule has 1 aromatic rings. The van der Waals surface area contributed by atoms with Gasteiger partial charge < -0.3 is 14.6 Å². The van der Waals surface area contributed by atoms with Crippen molar-refractivity contribution in [3.8, 4) is 11.5 Å². The van der Waals surface area contributed by atoms with Crippen LogP contribution in [0.1, 0.15) is 18.6 Å². The highest BCUT2D eigenvalue weighted by Gasteiger charge is 2.28. The first-order valence-corrected chi connectivity index (χ1v) is 6.71. The molecule has 5 heteroatoms. The highest BCUT2D eigenvalue weighted by molar-refractivity contribution is 9.10. The van der Waals surface area contributed by atoms with Crippen LogP contribution >= 0.6 is 15.9 Å². The molecule has 1 saturated heterocycles. The molecule has 1 fully saturated rings. The Balaban J connectivity index is 2.29. The molecule has 1 aliphatic heterocycles. The molecular weight excluding hydrogens is 298 g/mol. The molecule has 0 radical (unpaired) electrons. The second kappa shape index (κ2) is 5.47. The van der Waals surface area contributed by atoms with Crippen molar-refractivity contribution < 1.29 is 14.6 Å². The van der Waals surface area contributed by atoms with Gasteiger partial charge in [0.05, 0.1) is 13.2 Å². The lowest BCUT2D eigenvalue weighted by atomic mass is 10.1. The van der Waals surface area contributed by atoms with Gasteiger partial charge in [-0.1, -0.05) is 15.9 Å². The van der Waals surface area contributed by atoms with Gasteiger partial charge in [0, 0.05) is 23.1 Å². The lowest BCUT2D eigenvalue weighted by molar-refractivity contribution is 0.0343. The molecule has 100 valence electrons. The number of aliphatic hydroxyl groups excluding tert-OH is 1. The van der Waals surface area contributed by atoms with Gasteiger partial charge in [0.15, 0.2) is 11.5 Å². The first kappa shape index (κ1) is 13.6. The largest absolute Gasteiger partial charge is 0.493 e. The summed E-state index contributed by atoms with van der Waals surface area (Å²) in [5, 5.41) is 9.84. The summed E-state index contributed by atoms with van der Waals surface area (Å²) in [5.74, 6) is 1.30. The van der Waals surface area contributed by atoms with Crippen molar-refractivity contribution in [1.82, 2.24) is 4.90 Å². The molecular formula is C13H18BrNO3. The quantitative estimate of drug-likeness (QED) is 0.925. The normalized spacial score (nSPS) is 18.3. The number of hydrogen-bond acceptors (Lipinski definition) is 4. The van der Waals surface area contributed by atoms with Gasteiger partial charge in [-0.15, -0.1) is 0 Å². The Hall–Kier alpha value is -0.780. The number of hydrogen-bond donors (Lipinski definition) is 1. The van der Waals surface area contributed by atoms with Gasteiger partial charge in [0.25, 0.3) is 0 Å². The Morgan fingerprint density at radius 1 is 1.44 bits per heavy atom. The molecule has 0 bridgehead atoms. The molecule has 1 N–H and O–H groups in total. The van der Waals surface area contributed by atoms with E-state index >= 15 is 0 Å². The topological polar surface area (TPSA) is 41.9 Å². The Bertz CT molecular complexity index is 430. The van der Waals surface area contributed by atoms with Crippen LogP contribution in [-0.2, 0) is 0 Å². The van der Waals surface area contributed by atoms with Crippen LogP contribution in [0.15, 0.2) is 16.6 Å². The van der Waals surface area contributed by atoms with E-state index in [-0.39, 0.29) is 6.10 Å². The molecule has 1 aromatic carbocycles. The highest BCUT2D eigenvalue weighted by Crippen LogP contribution is 2.39. The third kappa shape index (κ3) is 2.79. The fraction of sp³-hybridized carbons (Fsp3) is 0.538. The average molecular weight is 316 g/mol. The summed E-state index contributed by atoms with van der Waals surface area (Å²) in [4.78, 5) is 2.18. The first-order chi connectivity index (χ1) is 8.51. The zero-order valence-corrected chi connectivity index (χ0v) is 12.4. The minimum atomic E-state index is -0.593. The Kier molecular flexibility index (Phi) is 4.14. The standard InChI is InChI=1S/C13H18BrNO3/c1-8(16)11-4-9(14)5-12(17-3)13(11)18-10-6-15(2)7-10/h4-5,8,10,16H,6-7H2,1-3H3. The monoisotopic (exact) mass is 315 g/mol. The maximum Gasteiger partial charge on any atom is 0.167 e. The molecule has 1 aliphatic rings. The highest BCUT2D eigenvalue weighted by atomic mass is 79.9. The van der Waals surface area contributed by atoms with Crippen LogP contribution in [0.25, 0.3) is 0 Å². The number of nitrogens with zero attached hydrogens (tertiary/aromatic N) is 1. The zero-order valence-electron chi connectivity index (χ0n) is 10.8. The molecule has 0 saturated carbocycles. The van der Waals surface area contributed by atoms with Crippen molar-refractivity contribution >= 4 is 15.9 Å². The molecule has 0 amide bonds. The Morgan fingerprint density at radius 2 is 2.11 bits per heavy atom. The van der Waals surface area contributed by atoms with Crippen LogP contribution in [0, 0.1) is 0 Å². The summed E-state index contributed by atoms with van der Waals surface area (Å²) in [6.07, 6.45) is -0.424. The first-order valence-electron chi connectivity index (χ1n) is 5.92. The van der Waals surface area contributed by atoms with Gasteiger partial charge in [-0.3, -0.25) is 4.90 Å². The molecule has 1 unspecified atom stereocenters. The maximum absolute atomic E-state index is 9.84. The van der Waals surface area contributed by atoms with Crippen LogP contribution in [0.2, 0.25) is 0 Å². The van der Waals surface area contributed by atoms with Gasteiger partial charge in [-0.2, -0.15) is 0 Å². The molecule has 0 aromatic heterocycles. The summed E-state index contributed by atoms with van der Waals surface area (Å²) in [5.41, 5.74) is 0.746. The number of ether oxygens (including phenoxy) is 2.